The SMILES string of the molecule is CCNC(=NCC1(C)COC1)NCCc1ccccc1F.I. The summed E-state index contributed by atoms with van der Waals surface area (Å²) in [5.41, 5.74) is 0.883. The van der Waals surface area contributed by atoms with Crippen molar-refractivity contribution < 1.29 is 9.13 Å². The minimum atomic E-state index is -0.152. The Hall–Kier alpha value is -0.890. The van der Waals surface area contributed by atoms with Crippen molar-refractivity contribution in [1.82, 2.24) is 10.6 Å². The van der Waals surface area contributed by atoms with Crippen molar-refractivity contribution in [2.24, 2.45) is 10.4 Å². The topological polar surface area (TPSA) is 45.7 Å². The summed E-state index contributed by atoms with van der Waals surface area (Å²) in [6.45, 7) is 7.93. The third-order valence-electron chi connectivity index (χ3n) is 3.51. The summed E-state index contributed by atoms with van der Waals surface area (Å²) in [5.74, 6) is 0.627. The van der Waals surface area contributed by atoms with E-state index in [-0.39, 0.29) is 35.2 Å². The van der Waals surface area contributed by atoms with Gasteiger partial charge in [0.25, 0.3) is 0 Å². The molecule has 1 saturated heterocycles. The van der Waals surface area contributed by atoms with Crippen LogP contribution in [0.4, 0.5) is 4.39 Å². The average molecular weight is 421 g/mol. The van der Waals surface area contributed by atoms with E-state index in [1.165, 1.54) is 6.07 Å². The van der Waals surface area contributed by atoms with Crippen LogP contribution >= 0.6 is 24.0 Å². The maximum absolute atomic E-state index is 13.5. The first-order valence-corrected chi connectivity index (χ1v) is 7.46. The molecule has 124 valence electrons. The molecular weight excluding hydrogens is 396 g/mol. The number of hydrogen-bond acceptors (Lipinski definition) is 2. The quantitative estimate of drug-likeness (QED) is 0.422. The van der Waals surface area contributed by atoms with Gasteiger partial charge in [-0.25, -0.2) is 4.39 Å². The Morgan fingerprint density at radius 3 is 2.64 bits per heavy atom. The van der Waals surface area contributed by atoms with Crippen LogP contribution in [0.2, 0.25) is 0 Å². The lowest BCUT2D eigenvalue weighted by Gasteiger charge is -2.36. The van der Waals surface area contributed by atoms with Gasteiger partial charge in [0.2, 0.25) is 0 Å². The second-order valence-electron chi connectivity index (χ2n) is 5.77. The van der Waals surface area contributed by atoms with E-state index in [4.69, 9.17) is 4.74 Å². The molecule has 4 nitrogen and oxygen atoms in total. The van der Waals surface area contributed by atoms with Crippen LogP contribution in [-0.2, 0) is 11.2 Å². The first kappa shape index (κ1) is 19.2. The molecule has 0 spiro atoms. The van der Waals surface area contributed by atoms with Crippen molar-refractivity contribution >= 4 is 29.9 Å². The first-order valence-electron chi connectivity index (χ1n) is 7.46. The van der Waals surface area contributed by atoms with E-state index in [1.54, 1.807) is 6.07 Å². The molecular formula is C16H25FIN3O. The van der Waals surface area contributed by atoms with E-state index in [9.17, 15) is 4.39 Å². The third-order valence-corrected chi connectivity index (χ3v) is 3.51. The minimum absolute atomic E-state index is 0. The fourth-order valence-corrected chi connectivity index (χ4v) is 2.17. The molecule has 0 bridgehead atoms. The monoisotopic (exact) mass is 421 g/mol. The van der Waals surface area contributed by atoms with Crippen LogP contribution in [0.15, 0.2) is 29.3 Å². The Bertz CT molecular complexity index is 492. The zero-order chi connectivity index (χ0) is 15.1. The molecule has 1 fully saturated rings. The van der Waals surface area contributed by atoms with Gasteiger partial charge in [-0.15, -0.1) is 24.0 Å². The van der Waals surface area contributed by atoms with Crippen molar-refractivity contribution in [3.8, 4) is 0 Å². The van der Waals surface area contributed by atoms with Crippen LogP contribution in [0.1, 0.15) is 19.4 Å². The van der Waals surface area contributed by atoms with Gasteiger partial charge in [-0.3, -0.25) is 4.99 Å². The molecule has 1 aromatic carbocycles. The Balaban J connectivity index is 0.00000242. The number of nitrogens with one attached hydrogen (secondary N) is 2. The lowest BCUT2D eigenvalue weighted by Crippen LogP contribution is -2.44. The lowest BCUT2D eigenvalue weighted by molar-refractivity contribution is -0.0945. The zero-order valence-electron chi connectivity index (χ0n) is 13.2. The van der Waals surface area contributed by atoms with Gasteiger partial charge in [-0.1, -0.05) is 25.1 Å². The minimum Gasteiger partial charge on any atom is -0.380 e. The van der Waals surface area contributed by atoms with Crippen LogP contribution in [-0.4, -0.2) is 38.8 Å². The highest BCUT2D eigenvalue weighted by atomic mass is 127. The number of benzene rings is 1. The number of nitrogens with zero attached hydrogens (tertiary/aromatic N) is 1. The number of rotatable bonds is 6. The summed E-state index contributed by atoms with van der Waals surface area (Å²) in [6.07, 6.45) is 0.636. The molecule has 0 radical (unpaired) electrons. The van der Waals surface area contributed by atoms with Crippen molar-refractivity contribution in [2.45, 2.75) is 20.3 Å². The fraction of sp³-hybridized carbons (Fsp3) is 0.562. The Morgan fingerprint density at radius 1 is 1.32 bits per heavy atom. The largest absolute Gasteiger partial charge is 0.380 e. The van der Waals surface area contributed by atoms with Gasteiger partial charge in [0, 0.05) is 18.5 Å². The summed E-state index contributed by atoms with van der Waals surface area (Å²) < 4.78 is 18.8. The van der Waals surface area contributed by atoms with E-state index >= 15 is 0 Å². The average Bonchev–Trinajstić information content (AvgIpc) is 2.45. The smallest absolute Gasteiger partial charge is 0.191 e. The van der Waals surface area contributed by atoms with Gasteiger partial charge >= 0.3 is 0 Å². The molecule has 1 aliphatic rings. The maximum atomic E-state index is 13.5. The number of guanidine groups is 1. The lowest BCUT2D eigenvalue weighted by atomic mass is 9.89. The van der Waals surface area contributed by atoms with Gasteiger partial charge in [-0.2, -0.15) is 0 Å². The number of hydrogen-bond donors (Lipinski definition) is 2. The standard InChI is InChI=1S/C16H24FN3O.HI/c1-3-18-15(20-10-16(2)11-21-12-16)19-9-8-13-6-4-5-7-14(13)17;/h4-7H,3,8-12H2,1-2H3,(H2,18,19,20);1H. The number of halogens is 2. The van der Waals surface area contributed by atoms with Crippen molar-refractivity contribution in [3.63, 3.8) is 0 Å². The third kappa shape index (κ3) is 5.72. The predicted octanol–water partition coefficient (Wildman–Crippen LogP) is 2.58. The zero-order valence-corrected chi connectivity index (χ0v) is 15.5. The molecule has 1 heterocycles. The van der Waals surface area contributed by atoms with E-state index in [1.807, 2.05) is 19.1 Å². The van der Waals surface area contributed by atoms with E-state index in [0.29, 0.717) is 13.0 Å². The summed E-state index contributed by atoms with van der Waals surface area (Å²) in [5, 5.41) is 6.46. The molecule has 0 saturated carbocycles. The van der Waals surface area contributed by atoms with Gasteiger partial charge in [-0.05, 0) is 25.0 Å². The first-order chi connectivity index (χ1) is 10.1. The van der Waals surface area contributed by atoms with Crippen LogP contribution in [0.3, 0.4) is 0 Å². The second kappa shape index (κ2) is 9.29. The van der Waals surface area contributed by atoms with Gasteiger partial charge in [0.1, 0.15) is 5.82 Å². The van der Waals surface area contributed by atoms with E-state index in [0.717, 1.165) is 37.8 Å². The maximum Gasteiger partial charge on any atom is 0.191 e. The summed E-state index contributed by atoms with van der Waals surface area (Å²) in [6, 6.07) is 6.87. The molecule has 2 N–H and O–H groups in total. The van der Waals surface area contributed by atoms with E-state index in [2.05, 4.69) is 22.5 Å². The van der Waals surface area contributed by atoms with Crippen molar-refractivity contribution in [2.75, 3.05) is 32.8 Å². The second-order valence-corrected chi connectivity index (χ2v) is 5.77. The number of ether oxygens (including phenoxy) is 1. The molecule has 6 heteroatoms. The highest BCUT2D eigenvalue weighted by Gasteiger charge is 2.33. The van der Waals surface area contributed by atoms with E-state index < -0.39 is 0 Å². The fourth-order valence-electron chi connectivity index (χ4n) is 2.17. The van der Waals surface area contributed by atoms with Gasteiger partial charge < -0.3 is 15.4 Å². The Kier molecular flexibility index (Phi) is 8.09. The van der Waals surface area contributed by atoms with Crippen LogP contribution in [0.5, 0.6) is 0 Å². The summed E-state index contributed by atoms with van der Waals surface area (Å²) in [7, 11) is 0. The summed E-state index contributed by atoms with van der Waals surface area (Å²) >= 11 is 0. The molecule has 0 aliphatic carbocycles. The molecule has 0 amide bonds. The van der Waals surface area contributed by atoms with Crippen LogP contribution in [0.25, 0.3) is 0 Å². The van der Waals surface area contributed by atoms with Crippen molar-refractivity contribution in [3.05, 3.63) is 35.6 Å². The van der Waals surface area contributed by atoms with Crippen LogP contribution < -0.4 is 10.6 Å². The molecule has 22 heavy (non-hydrogen) atoms. The normalized spacial score (nSPS) is 16.4. The number of aliphatic imine (C=N–C) groups is 1. The molecule has 1 aromatic rings. The molecule has 0 unspecified atom stereocenters. The molecule has 0 atom stereocenters. The Labute approximate surface area is 148 Å². The van der Waals surface area contributed by atoms with Crippen LogP contribution in [0, 0.1) is 11.2 Å². The highest BCUT2D eigenvalue weighted by Crippen LogP contribution is 2.26. The van der Waals surface area contributed by atoms with Gasteiger partial charge in [0.05, 0.1) is 19.8 Å². The van der Waals surface area contributed by atoms with Crippen molar-refractivity contribution in [1.29, 1.82) is 0 Å². The molecule has 2 rings (SSSR count). The predicted molar refractivity (Wildman–Crippen MR) is 98.4 cm³/mol. The molecule has 1 aliphatic heterocycles. The summed E-state index contributed by atoms with van der Waals surface area (Å²) in [4.78, 5) is 4.58. The Morgan fingerprint density at radius 2 is 2.05 bits per heavy atom. The highest BCUT2D eigenvalue weighted by molar-refractivity contribution is 14.0. The molecule has 0 aromatic heterocycles. The van der Waals surface area contributed by atoms with Gasteiger partial charge in [0.15, 0.2) is 5.96 Å².